The third-order valence-corrected chi connectivity index (χ3v) is 4.08. The second-order valence-corrected chi connectivity index (χ2v) is 6.21. The Morgan fingerprint density at radius 2 is 2.00 bits per heavy atom. The number of nitrogens with zero attached hydrogens (tertiary/aromatic N) is 3. The van der Waals surface area contributed by atoms with Crippen molar-refractivity contribution in [3.8, 4) is 5.69 Å². The summed E-state index contributed by atoms with van der Waals surface area (Å²) < 4.78 is 1.35. The maximum absolute atomic E-state index is 12.7. The second-order valence-electron chi connectivity index (χ2n) is 5.78. The molecule has 2 aromatic carbocycles. The van der Waals surface area contributed by atoms with Crippen LogP contribution in [0, 0.1) is 24.0 Å². The molecular formula is C18H15ClN4O3. The summed E-state index contributed by atoms with van der Waals surface area (Å²) in [5, 5.41) is 14.7. The number of hydrogen-bond acceptors (Lipinski definition) is 4. The van der Waals surface area contributed by atoms with Crippen LogP contribution in [-0.4, -0.2) is 20.9 Å². The van der Waals surface area contributed by atoms with E-state index < -0.39 is 4.92 Å². The predicted octanol–water partition coefficient (Wildman–Crippen LogP) is 4.09. The fourth-order valence-electron chi connectivity index (χ4n) is 2.53. The monoisotopic (exact) mass is 370 g/mol. The number of nitro groups is 1. The van der Waals surface area contributed by atoms with Crippen LogP contribution in [0.2, 0.25) is 5.02 Å². The highest BCUT2D eigenvalue weighted by molar-refractivity contribution is 6.30. The molecule has 3 rings (SSSR count). The van der Waals surface area contributed by atoms with Crippen LogP contribution in [0.1, 0.15) is 16.8 Å². The van der Waals surface area contributed by atoms with Crippen molar-refractivity contribution in [1.29, 1.82) is 0 Å². The molecule has 0 aliphatic carbocycles. The molecule has 0 atom stereocenters. The number of nitro benzene ring substituents is 1. The quantitative estimate of drug-likeness (QED) is 0.425. The number of H-pyrrole nitrogens is 1. The minimum absolute atomic E-state index is 0.107. The van der Waals surface area contributed by atoms with E-state index in [4.69, 9.17) is 11.6 Å². The normalized spacial score (nSPS) is 11.2. The molecule has 0 aliphatic heterocycles. The fraction of sp³-hybridized carbons (Fsp3) is 0.111. The average Bonchev–Trinajstić information content (AvgIpc) is 2.88. The van der Waals surface area contributed by atoms with Crippen LogP contribution in [0.4, 0.5) is 11.4 Å². The van der Waals surface area contributed by atoms with Crippen LogP contribution in [0.3, 0.4) is 0 Å². The summed E-state index contributed by atoms with van der Waals surface area (Å²) >= 11 is 5.98. The summed E-state index contributed by atoms with van der Waals surface area (Å²) in [4.78, 5) is 27.5. The summed E-state index contributed by atoms with van der Waals surface area (Å²) in [6.07, 6.45) is 1.34. The average molecular weight is 371 g/mol. The molecule has 0 fully saturated rings. The Balaban J connectivity index is 2.03. The predicted molar refractivity (Wildman–Crippen MR) is 101 cm³/mol. The number of aromatic amines is 1. The van der Waals surface area contributed by atoms with Crippen LogP contribution in [0.5, 0.6) is 0 Å². The molecule has 0 amide bonds. The second kappa shape index (κ2) is 6.97. The first-order chi connectivity index (χ1) is 12.4. The van der Waals surface area contributed by atoms with Gasteiger partial charge in [-0.15, -0.1) is 0 Å². The van der Waals surface area contributed by atoms with Crippen molar-refractivity contribution >= 4 is 29.2 Å². The van der Waals surface area contributed by atoms with E-state index in [1.165, 1.54) is 17.0 Å². The highest BCUT2D eigenvalue weighted by Crippen LogP contribution is 2.28. The van der Waals surface area contributed by atoms with E-state index in [0.29, 0.717) is 22.0 Å². The highest BCUT2D eigenvalue weighted by atomic mass is 35.5. The number of nitrogens with one attached hydrogen (secondary N) is 1. The zero-order valence-corrected chi connectivity index (χ0v) is 14.8. The van der Waals surface area contributed by atoms with E-state index in [9.17, 15) is 14.9 Å². The molecule has 0 radical (unpaired) electrons. The Hall–Kier alpha value is -3.19. The minimum atomic E-state index is -0.492. The molecule has 3 aromatic rings. The molecule has 7 nitrogen and oxygen atoms in total. The summed E-state index contributed by atoms with van der Waals surface area (Å²) in [7, 11) is 0. The van der Waals surface area contributed by atoms with Crippen LogP contribution in [0.15, 0.2) is 52.3 Å². The van der Waals surface area contributed by atoms with Gasteiger partial charge in [-0.3, -0.25) is 20.0 Å². The molecule has 1 aromatic heterocycles. The molecule has 1 heterocycles. The van der Waals surface area contributed by atoms with Crippen molar-refractivity contribution in [2.45, 2.75) is 13.8 Å². The molecule has 1 N–H and O–H groups in total. The van der Waals surface area contributed by atoms with Gasteiger partial charge in [0.25, 0.3) is 11.2 Å². The zero-order valence-electron chi connectivity index (χ0n) is 14.1. The number of aliphatic imine (C=N–C) groups is 1. The molecule has 132 valence electrons. The molecule has 0 aliphatic rings. The standard InChI is InChI=1S/C18H15ClN4O3/c1-11-6-7-16(17(8-11)23(25)26)20-10-15-12(2)21-22(18(15)24)14-5-3-4-13(19)9-14/h3-10,21H,1-2H3. The van der Waals surface area contributed by atoms with Gasteiger partial charge in [0.05, 0.1) is 16.2 Å². The summed E-state index contributed by atoms with van der Waals surface area (Å²) in [5.41, 5.74) is 2.03. The lowest BCUT2D eigenvalue weighted by Crippen LogP contribution is -2.17. The third kappa shape index (κ3) is 3.43. The van der Waals surface area contributed by atoms with Crippen molar-refractivity contribution in [3.05, 3.63) is 84.8 Å². The summed E-state index contributed by atoms with van der Waals surface area (Å²) in [5.74, 6) is 0. The Morgan fingerprint density at radius 1 is 1.23 bits per heavy atom. The van der Waals surface area contributed by atoms with E-state index in [2.05, 4.69) is 10.1 Å². The molecule has 0 spiro atoms. The smallest absolute Gasteiger partial charge is 0.295 e. The fourth-order valence-corrected chi connectivity index (χ4v) is 2.72. The summed E-state index contributed by atoms with van der Waals surface area (Å²) in [6.45, 7) is 3.49. The summed E-state index contributed by atoms with van der Waals surface area (Å²) in [6, 6.07) is 11.6. The third-order valence-electron chi connectivity index (χ3n) is 3.84. The van der Waals surface area contributed by atoms with Gasteiger partial charge in [0, 0.05) is 23.0 Å². The lowest BCUT2D eigenvalue weighted by Gasteiger charge is -2.01. The Kier molecular flexibility index (Phi) is 4.73. The van der Waals surface area contributed by atoms with Gasteiger partial charge < -0.3 is 0 Å². The largest absolute Gasteiger partial charge is 0.295 e. The molecule has 0 saturated heterocycles. The van der Waals surface area contributed by atoms with Crippen LogP contribution < -0.4 is 5.56 Å². The molecule has 8 heteroatoms. The first kappa shape index (κ1) is 17.6. The van der Waals surface area contributed by atoms with E-state index >= 15 is 0 Å². The molecule has 26 heavy (non-hydrogen) atoms. The molecule has 0 saturated carbocycles. The van der Waals surface area contributed by atoms with Crippen LogP contribution >= 0.6 is 11.6 Å². The Bertz CT molecular complexity index is 1080. The lowest BCUT2D eigenvalue weighted by molar-refractivity contribution is -0.384. The Morgan fingerprint density at radius 3 is 2.69 bits per heavy atom. The van der Waals surface area contributed by atoms with E-state index in [1.54, 1.807) is 50.2 Å². The van der Waals surface area contributed by atoms with E-state index in [0.717, 1.165) is 5.56 Å². The molecule has 0 unspecified atom stereocenters. The SMILES string of the molecule is Cc1ccc(N=Cc2c(C)[nH]n(-c3cccc(Cl)c3)c2=O)c([N+](=O)[O-])c1. The number of benzene rings is 2. The number of aryl methyl sites for hydroxylation is 2. The van der Waals surface area contributed by atoms with Crippen molar-refractivity contribution in [3.63, 3.8) is 0 Å². The first-order valence-corrected chi connectivity index (χ1v) is 8.11. The number of hydrogen-bond donors (Lipinski definition) is 1. The lowest BCUT2D eigenvalue weighted by atomic mass is 10.2. The van der Waals surface area contributed by atoms with Gasteiger partial charge in [0.15, 0.2) is 0 Å². The first-order valence-electron chi connectivity index (χ1n) is 7.73. The zero-order chi connectivity index (χ0) is 18.8. The minimum Gasteiger partial charge on any atom is -0.295 e. The van der Waals surface area contributed by atoms with Crippen molar-refractivity contribution in [2.24, 2.45) is 4.99 Å². The van der Waals surface area contributed by atoms with Gasteiger partial charge in [-0.25, -0.2) is 9.67 Å². The van der Waals surface area contributed by atoms with Gasteiger partial charge in [-0.1, -0.05) is 23.7 Å². The maximum Gasteiger partial charge on any atom is 0.295 e. The number of halogens is 1. The topological polar surface area (TPSA) is 93.3 Å². The van der Waals surface area contributed by atoms with Crippen molar-refractivity contribution in [1.82, 2.24) is 9.78 Å². The van der Waals surface area contributed by atoms with E-state index in [1.807, 2.05) is 0 Å². The van der Waals surface area contributed by atoms with Gasteiger partial charge in [0.1, 0.15) is 5.69 Å². The Labute approximate surface area is 153 Å². The van der Waals surface area contributed by atoms with Crippen molar-refractivity contribution < 1.29 is 4.92 Å². The van der Waals surface area contributed by atoms with Gasteiger partial charge in [-0.05, 0) is 43.7 Å². The van der Waals surface area contributed by atoms with Gasteiger partial charge in [0.2, 0.25) is 0 Å². The van der Waals surface area contributed by atoms with Gasteiger partial charge in [-0.2, -0.15) is 0 Å². The molecule has 0 bridgehead atoms. The van der Waals surface area contributed by atoms with Crippen LogP contribution in [-0.2, 0) is 0 Å². The number of rotatable bonds is 4. The van der Waals surface area contributed by atoms with Crippen LogP contribution in [0.25, 0.3) is 5.69 Å². The van der Waals surface area contributed by atoms with Crippen molar-refractivity contribution in [2.75, 3.05) is 0 Å². The number of aromatic nitrogens is 2. The van der Waals surface area contributed by atoms with Gasteiger partial charge >= 0.3 is 0 Å². The molecular weight excluding hydrogens is 356 g/mol. The maximum atomic E-state index is 12.7. The highest BCUT2D eigenvalue weighted by Gasteiger charge is 2.14. The van der Waals surface area contributed by atoms with E-state index in [-0.39, 0.29) is 16.9 Å².